The average Bonchev–Trinajstić information content (AvgIpc) is 3.31. The summed E-state index contributed by atoms with van der Waals surface area (Å²) < 4.78 is 27.3. The summed E-state index contributed by atoms with van der Waals surface area (Å²) in [5.41, 5.74) is 1.77. The monoisotopic (exact) mass is 451 g/mol. The molecule has 3 rings (SSSR count). The van der Waals surface area contributed by atoms with Crippen LogP contribution in [0.15, 0.2) is 65.6 Å². The number of rotatable bonds is 11. The van der Waals surface area contributed by atoms with E-state index in [1.165, 1.54) is 0 Å². The van der Waals surface area contributed by atoms with E-state index in [1.807, 2.05) is 36.4 Å². The van der Waals surface area contributed by atoms with Gasteiger partial charge in [0.2, 0.25) is 0 Å². The Balaban J connectivity index is 1.77. The number of benzene rings is 2. The van der Waals surface area contributed by atoms with Crippen molar-refractivity contribution < 1.29 is 28.2 Å². The molecule has 174 valence electrons. The maximum absolute atomic E-state index is 12.9. The lowest BCUT2D eigenvalue weighted by atomic mass is 10.0. The molecule has 7 heteroatoms. The lowest BCUT2D eigenvalue weighted by Crippen LogP contribution is -2.28. The number of hydrogen-bond acceptors (Lipinski definition) is 6. The summed E-state index contributed by atoms with van der Waals surface area (Å²) in [7, 11) is 6.37. The smallest absolute Gasteiger partial charge is 0.287 e. The Bertz CT molecular complexity index is 1100. The quantitative estimate of drug-likeness (QED) is 0.416. The number of carbonyl (C=O) groups excluding carboxylic acids is 1. The van der Waals surface area contributed by atoms with Gasteiger partial charge in [-0.15, -0.1) is 6.58 Å². The van der Waals surface area contributed by atoms with Crippen LogP contribution < -0.4 is 24.3 Å². The lowest BCUT2D eigenvalue weighted by Gasteiger charge is -2.19. The van der Waals surface area contributed by atoms with Gasteiger partial charge in [0.15, 0.2) is 17.3 Å². The van der Waals surface area contributed by atoms with Gasteiger partial charge >= 0.3 is 0 Å². The van der Waals surface area contributed by atoms with E-state index in [-0.39, 0.29) is 17.7 Å². The second-order valence-corrected chi connectivity index (χ2v) is 7.29. The van der Waals surface area contributed by atoms with Crippen LogP contribution in [0.25, 0.3) is 0 Å². The van der Waals surface area contributed by atoms with Gasteiger partial charge in [-0.3, -0.25) is 4.79 Å². The van der Waals surface area contributed by atoms with Crippen LogP contribution in [-0.2, 0) is 6.42 Å². The zero-order chi connectivity index (χ0) is 23.8. The molecule has 0 fully saturated rings. The predicted molar refractivity (Wildman–Crippen MR) is 126 cm³/mol. The first-order valence-electron chi connectivity index (χ1n) is 10.5. The van der Waals surface area contributed by atoms with Gasteiger partial charge in [-0.05, 0) is 54.4 Å². The number of furan rings is 1. The number of ether oxygens (including phenoxy) is 4. The summed E-state index contributed by atoms with van der Waals surface area (Å²) in [6.45, 7) is 3.81. The van der Waals surface area contributed by atoms with Gasteiger partial charge in [0.1, 0.15) is 17.3 Å². The molecule has 0 bridgehead atoms. The largest absolute Gasteiger partial charge is 0.497 e. The Morgan fingerprint density at radius 3 is 2.33 bits per heavy atom. The Morgan fingerprint density at radius 2 is 1.67 bits per heavy atom. The molecular formula is C26H29NO6. The zero-order valence-electron chi connectivity index (χ0n) is 19.3. The van der Waals surface area contributed by atoms with Crippen molar-refractivity contribution in [1.29, 1.82) is 0 Å². The number of carbonyl (C=O) groups is 1. The Labute approximate surface area is 193 Å². The zero-order valence-corrected chi connectivity index (χ0v) is 19.3. The minimum Gasteiger partial charge on any atom is -0.497 e. The number of nitrogens with one attached hydrogen (secondary N) is 1. The predicted octanol–water partition coefficient (Wildman–Crippen LogP) is 4.95. The van der Waals surface area contributed by atoms with Gasteiger partial charge in [0, 0.05) is 12.0 Å². The highest BCUT2D eigenvalue weighted by molar-refractivity contribution is 5.91. The minimum atomic E-state index is -0.319. The van der Waals surface area contributed by atoms with Crippen LogP contribution in [0.1, 0.15) is 39.9 Å². The van der Waals surface area contributed by atoms with Crippen molar-refractivity contribution in [3.63, 3.8) is 0 Å². The van der Waals surface area contributed by atoms with Crippen molar-refractivity contribution >= 4 is 5.91 Å². The van der Waals surface area contributed by atoms with Crippen molar-refractivity contribution in [3.05, 3.63) is 83.8 Å². The molecule has 2 aromatic carbocycles. The van der Waals surface area contributed by atoms with E-state index in [2.05, 4.69) is 11.9 Å². The summed E-state index contributed by atoms with van der Waals surface area (Å²) >= 11 is 0. The third-order valence-corrected chi connectivity index (χ3v) is 5.26. The van der Waals surface area contributed by atoms with Crippen molar-refractivity contribution in [2.75, 3.05) is 28.4 Å². The van der Waals surface area contributed by atoms with Crippen LogP contribution in [0.3, 0.4) is 0 Å². The van der Waals surface area contributed by atoms with Gasteiger partial charge in [-0.2, -0.15) is 0 Å². The number of amides is 1. The second kappa shape index (κ2) is 11.1. The first-order valence-corrected chi connectivity index (χ1v) is 10.5. The standard InChI is InChI=1S/C26H29NO6/c1-6-7-21(17-8-11-23(31-4)25(16-17)32-5)27-26(28)24-13-10-20(33-24)15-18-14-19(29-2)9-12-22(18)30-3/h6,8-14,16,21H,1,7,15H2,2-5H3,(H,27,28). The Hall–Kier alpha value is -3.87. The fourth-order valence-corrected chi connectivity index (χ4v) is 3.55. The molecule has 0 spiro atoms. The van der Waals surface area contributed by atoms with Crippen molar-refractivity contribution in [2.24, 2.45) is 0 Å². The molecule has 0 aliphatic rings. The topological polar surface area (TPSA) is 79.2 Å². The van der Waals surface area contributed by atoms with Gasteiger partial charge < -0.3 is 28.7 Å². The Morgan fingerprint density at radius 1 is 0.939 bits per heavy atom. The molecule has 0 aliphatic heterocycles. The van der Waals surface area contributed by atoms with Crippen molar-refractivity contribution in [2.45, 2.75) is 18.9 Å². The van der Waals surface area contributed by atoms with E-state index in [4.69, 9.17) is 23.4 Å². The molecule has 33 heavy (non-hydrogen) atoms. The first-order chi connectivity index (χ1) is 16.0. The Kier molecular flexibility index (Phi) is 8.02. The molecule has 1 atom stereocenters. The molecular weight excluding hydrogens is 422 g/mol. The highest BCUT2D eigenvalue weighted by Gasteiger charge is 2.19. The van der Waals surface area contributed by atoms with E-state index < -0.39 is 0 Å². The second-order valence-electron chi connectivity index (χ2n) is 7.29. The molecule has 1 unspecified atom stereocenters. The molecule has 1 aromatic heterocycles. The van der Waals surface area contributed by atoms with Crippen LogP contribution in [0.5, 0.6) is 23.0 Å². The molecule has 1 heterocycles. The van der Waals surface area contributed by atoms with Crippen LogP contribution in [-0.4, -0.2) is 34.3 Å². The normalized spacial score (nSPS) is 11.4. The van der Waals surface area contributed by atoms with E-state index in [0.29, 0.717) is 30.1 Å². The van der Waals surface area contributed by atoms with E-state index in [1.54, 1.807) is 46.6 Å². The first kappa shape index (κ1) is 23.8. The van der Waals surface area contributed by atoms with E-state index in [9.17, 15) is 4.79 Å². The SMILES string of the molecule is C=CCC(NC(=O)c1ccc(Cc2cc(OC)ccc2OC)o1)c1ccc(OC)c(OC)c1. The van der Waals surface area contributed by atoms with E-state index in [0.717, 1.165) is 22.6 Å². The molecule has 0 radical (unpaired) electrons. The molecule has 1 N–H and O–H groups in total. The minimum absolute atomic E-state index is 0.224. The fourth-order valence-electron chi connectivity index (χ4n) is 3.55. The summed E-state index contributed by atoms with van der Waals surface area (Å²) in [5, 5.41) is 3.01. The molecule has 0 aliphatic carbocycles. The molecule has 0 saturated heterocycles. The summed E-state index contributed by atoms with van der Waals surface area (Å²) in [5.74, 6) is 3.19. The van der Waals surface area contributed by atoms with Crippen LogP contribution in [0, 0.1) is 0 Å². The van der Waals surface area contributed by atoms with Crippen LogP contribution in [0.4, 0.5) is 0 Å². The van der Waals surface area contributed by atoms with E-state index >= 15 is 0 Å². The fraction of sp³-hybridized carbons (Fsp3) is 0.269. The van der Waals surface area contributed by atoms with Crippen LogP contribution in [0.2, 0.25) is 0 Å². The molecule has 3 aromatic rings. The number of hydrogen-bond donors (Lipinski definition) is 1. The molecule has 7 nitrogen and oxygen atoms in total. The molecule has 0 saturated carbocycles. The summed E-state index contributed by atoms with van der Waals surface area (Å²) in [4.78, 5) is 12.9. The average molecular weight is 452 g/mol. The van der Waals surface area contributed by atoms with Gasteiger partial charge in [0.25, 0.3) is 5.91 Å². The maximum Gasteiger partial charge on any atom is 0.287 e. The molecule has 1 amide bonds. The summed E-state index contributed by atoms with van der Waals surface area (Å²) in [6, 6.07) is 14.2. The summed E-state index contributed by atoms with van der Waals surface area (Å²) in [6.07, 6.45) is 2.75. The highest BCUT2D eigenvalue weighted by Crippen LogP contribution is 2.31. The van der Waals surface area contributed by atoms with Crippen LogP contribution >= 0.6 is 0 Å². The van der Waals surface area contributed by atoms with Gasteiger partial charge in [-0.1, -0.05) is 12.1 Å². The van der Waals surface area contributed by atoms with Crippen molar-refractivity contribution in [1.82, 2.24) is 5.32 Å². The highest BCUT2D eigenvalue weighted by atomic mass is 16.5. The van der Waals surface area contributed by atoms with Gasteiger partial charge in [0.05, 0.1) is 34.5 Å². The third-order valence-electron chi connectivity index (χ3n) is 5.26. The third kappa shape index (κ3) is 5.68. The maximum atomic E-state index is 12.9. The van der Waals surface area contributed by atoms with Crippen molar-refractivity contribution in [3.8, 4) is 23.0 Å². The van der Waals surface area contributed by atoms with Gasteiger partial charge in [-0.25, -0.2) is 0 Å². The number of methoxy groups -OCH3 is 4. The lowest BCUT2D eigenvalue weighted by molar-refractivity contribution is 0.0907.